The summed E-state index contributed by atoms with van der Waals surface area (Å²) < 4.78 is 47.9. The first-order valence-corrected chi connectivity index (χ1v) is 20.0. The Balaban J connectivity index is 1.37. The zero-order chi connectivity index (χ0) is 36.6. The molecule has 4 aromatic carbocycles. The Bertz CT molecular complexity index is 1780. The molecule has 0 N–H and O–H groups in total. The van der Waals surface area contributed by atoms with Crippen LogP contribution in [-0.4, -0.2) is 90.0 Å². The van der Waals surface area contributed by atoms with E-state index >= 15 is 0 Å². The maximum absolute atomic E-state index is 12.1. The monoisotopic (exact) mass is 718 g/mol. The highest BCUT2D eigenvalue weighted by Gasteiger charge is 2.15. The number of likely N-dealkylation sites (N-methyl/N-ethyl adjacent to an activating group) is 2. The Hall–Kier alpha value is -4.12. The van der Waals surface area contributed by atoms with Gasteiger partial charge in [-0.3, -0.25) is 9.69 Å². The van der Waals surface area contributed by atoms with E-state index in [2.05, 4.69) is 18.7 Å². The number of esters is 1. The molecule has 0 saturated heterocycles. The molecule has 0 bridgehead atoms. The van der Waals surface area contributed by atoms with Gasteiger partial charge in [0.2, 0.25) is 0 Å². The molecule has 51 heavy (non-hydrogen) atoms. The van der Waals surface area contributed by atoms with E-state index in [0.29, 0.717) is 37.9 Å². The van der Waals surface area contributed by atoms with Crippen molar-refractivity contribution >= 4 is 26.6 Å². The van der Waals surface area contributed by atoms with Crippen molar-refractivity contribution < 1.29 is 32.2 Å². The second-order valence-electron chi connectivity index (χ2n) is 12.8. The molecular formula is C41H54N2O7S. The fraction of sp³-hybridized carbons (Fsp3) is 0.439. The van der Waals surface area contributed by atoms with Crippen LogP contribution in [0.25, 0.3) is 21.9 Å². The quantitative estimate of drug-likeness (QED) is 0.0588. The second kappa shape index (κ2) is 20.1. The van der Waals surface area contributed by atoms with Gasteiger partial charge in [0.05, 0.1) is 24.7 Å². The van der Waals surface area contributed by atoms with Crippen molar-refractivity contribution in [3.05, 3.63) is 78.9 Å². The average molecular weight is 719 g/mol. The number of rotatable bonds is 22. The summed E-state index contributed by atoms with van der Waals surface area (Å²) in [7, 11) is -1.36. The number of ether oxygens (including phenoxy) is 4. The highest BCUT2D eigenvalue weighted by atomic mass is 32.2. The molecule has 9 nitrogen and oxygen atoms in total. The maximum Gasteiger partial charge on any atom is 0.320 e. The number of hydrogen-bond donors (Lipinski definition) is 0. The van der Waals surface area contributed by atoms with Gasteiger partial charge in [-0.25, -0.2) is 8.42 Å². The normalized spacial score (nSPS) is 11.7. The Kier molecular flexibility index (Phi) is 15.6. The van der Waals surface area contributed by atoms with Crippen molar-refractivity contribution in [3.8, 4) is 34.1 Å². The number of unbranched alkanes of at least 4 members (excludes halogenated alkanes) is 3. The minimum absolute atomic E-state index is 0.170. The summed E-state index contributed by atoms with van der Waals surface area (Å²) in [6.07, 6.45) is 6.51. The van der Waals surface area contributed by atoms with Crippen LogP contribution in [0.2, 0.25) is 0 Å². The van der Waals surface area contributed by atoms with Crippen molar-refractivity contribution in [1.82, 2.24) is 9.80 Å². The van der Waals surface area contributed by atoms with Gasteiger partial charge in [0.1, 0.15) is 29.6 Å². The second-order valence-corrected chi connectivity index (χ2v) is 14.8. The SMILES string of the molecule is CCCCOc1ccc2c(Oc3ccc(OCCN(CC)CCCCCN(C)CC(=O)OCC)cc3)c(-c3ccc(S(C)(=O)=O)cc3)ccc2c1. The van der Waals surface area contributed by atoms with Crippen LogP contribution in [0.1, 0.15) is 52.9 Å². The lowest BCUT2D eigenvalue weighted by Crippen LogP contribution is -2.30. The molecule has 10 heteroatoms. The number of benzene rings is 4. The molecule has 0 aromatic heterocycles. The Morgan fingerprint density at radius 2 is 1.41 bits per heavy atom. The van der Waals surface area contributed by atoms with Gasteiger partial charge in [0.15, 0.2) is 9.84 Å². The highest BCUT2D eigenvalue weighted by Crippen LogP contribution is 2.41. The first-order valence-electron chi connectivity index (χ1n) is 18.1. The molecular weight excluding hydrogens is 665 g/mol. The van der Waals surface area contributed by atoms with E-state index in [1.165, 1.54) is 6.26 Å². The minimum atomic E-state index is -3.31. The Morgan fingerprint density at radius 3 is 2.10 bits per heavy atom. The molecule has 0 saturated carbocycles. The molecule has 0 unspecified atom stereocenters. The third-order valence-corrected chi connectivity index (χ3v) is 9.82. The smallest absolute Gasteiger partial charge is 0.320 e. The van der Waals surface area contributed by atoms with Crippen LogP contribution in [0, 0.1) is 0 Å². The first kappa shape index (κ1) is 39.7. The fourth-order valence-electron chi connectivity index (χ4n) is 5.76. The van der Waals surface area contributed by atoms with Crippen LogP contribution in [0.15, 0.2) is 83.8 Å². The van der Waals surface area contributed by atoms with Gasteiger partial charge in [-0.15, -0.1) is 0 Å². The molecule has 0 amide bonds. The van der Waals surface area contributed by atoms with E-state index in [1.807, 2.05) is 85.6 Å². The zero-order valence-corrected chi connectivity index (χ0v) is 31.7. The Labute approximate surface area is 304 Å². The molecule has 0 atom stereocenters. The lowest BCUT2D eigenvalue weighted by molar-refractivity contribution is -0.144. The molecule has 0 aliphatic carbocycles. The predicted molar refractivity (Wildman–Crippen MR) is 205 cm³/mol. The van der Waals surface area contributed by atoms with Gasteiger partial charge >= 0.3 is 5.97 Å². The summed E-state index contributed by atoms with van der Waals surface area (Å²) in [6.45, 7) is 11.8. The molecule has 0 fully saturated rings. The number of carbonyl (C=O) groups excluding carboxylic acids is 1. The van der Waals surface area contributed by atoms with Crippen LogP contribution in [-0.2, 0) is 19.4 Å². The number of carbonyl (C=O) groups is 1. The average Bonchev–Trinajstić information content (AvgIpc) is 3.11. The molecule has 0 heterocycles. The van der Waals surface area contributed by atoms with Gasteiger partial charge in [0.25, 0.3) is 0 Å². The van der Waals surface area contributed by atoms with Crippen LogP contribution >= 0.6 is 0 Å². The van der Waals surface area contributed by atoms with E-state index in [4.69, 9.17) is 18.9 Å². The van der Waals surface area contributed by atoms with Crippen molar-refractivity contribution in [2.45, 2.75) is 57.8 Å². The van der Waals surface area contributed by atoms with Crippen molar-refractivity contribution in [2.24, 2.45) is 0 Å². The number of nitrogens with zero attached hydrogens (tertiary/aromatic N) is 2. The third-order valence-electron chi connectivity index (χ3n) is 8.69. The summed E-state index contributed by atoms with van der Waals surface area (Å²) in [5.74, 6) is 2.75. The van der Waals surface area contributed by atoms with Gasteiger partial charge in [-0.2, -0.15) is 0 Å². The molecule has 0 spiro atoms. The summed E-state index contributed by atoms with van der Waals surface area (Å²) in [5, 5.41) is 1.91. The van der Waals surface area contributed by atoms with Gasteiger partial charge in [0, 0.05) is 23.8 Å². The van der Waals surface area contributed by atoms with Crippen molar-refractivity contribution in [3.63, 3.8) is 0 Å². The third kappa shape index (κ3) is 12.6. The van der Waals surface area contributed by atoms with Crippen LogP contribution in [0.3, 0.4) is 0 Å². The largest absolute Gasteiger partial charge is 0.494 e. The Morgan fingerprint density at radius 1 is 0.725 bits per heavy atom. The van der Waals surface area contributed by atoms with E-state index in [-0.39, 0.29) is 10.9 Å². The summed E-state index contributed by atoms with van der Waals surface area (Å²) >= 11 is 0. The van der Waals surface area contributed by atoms with E-state index in [1.54, 1.807) is 12.1 Å². The molecule has 0 radical (unpaired) electrons. The van der Waals surface area contributed by atoms with Gasteiger partial charge in [-0.1, -0.05) is 44.9 Å². The fourth-order valence-corrected chi connectivity index (χ4v) is 6.40. The molecule has 276 valence electrons. The van der Waals surface area contributed by atoms with Crippen molar-refractivity contribution in [1.29, 1.82) is 0 Å². The molecule has 0 aliphatic rings. The molecule has 4 aromatic rings. The van der Waals surface area contributed by atoms with Crippen LogP contribution in [0.4, 0.5) is 0 Å². The molecule has 4 rings (SSSR count). The van der Waals surface area contributed by atoms with Gasteiger partial charge < -0.3 is 23.8 Å². The first-order chi connectivity index (χ1) is 24.6. The maximum atomic E-state index is 12.1. The summed E-state index contributed by atoms with van der Waals surface area (Å²) in [4.78, 5) is 16.3. The van der Waals surface area contributed by atoms with E-state index in [9.17, 15) is 13.2 Å². The number of sulfone groups is 1. The van der Waals surface area contributed by atoms with Crippen molar-refractivity contribution in [2.75, 3.05) is 65.8 Å². The molecule has 0 aliphatic heterocycles. The van der Waals surface area contributed by atoms with Gasteiger partial charge in [-0.05, 0) is 124 Å². The van der Waals surface area contributed by atoms with Crippen LogP contribution < -0.4 is 14.2 Å². The zero-order valence-electron chi connectivity index (χ0n) is 30.9. The minimum Gasteiger partial charge on any atom is -0.494 e. The highest BCUT2D eigenvalue weighted by molar-refractivity contribution is 7.90. The number of fused-ring (bicyclic) bond motifs is 1. The van der Waals surface area contributed by atoms with Crippen LogP contribution in [0.5, 0.6) is 23.0 Å². The van der Waals surface area contributed by atoms with E-state index in [0.717, 1.165) is 91.7 Å². The topological polar surface area (TPSA) is 94.6 Å². The summed E-state index contributed by atoms with van der Waals surface area (Å²) in [6, 6.07) is 24.6. The lowest BCUT2D eigenvalue weighted by atomic mass is 9.99. The lowest BCUT2D eigenvalue weighted by Gasteiger charge is -2.21. The summed E-state index contributed by atoms with van der Waals surface area (Å²) in [5.41, 5.74) is 1.70. The van der Waals surface area contributed by atoms with E-state index < -0.39 is 9.84 Å². The number of hydrogen-bond acceptors (Lipinski definition) is 9. The predicted octanol–water partition coefficient (Wildman–Crippen LogP) is 8.25. The standard InChI is InChI=1S/C41H54N2O7S/c1-6-9-28-48-36-20-24-39-33(30-36)15-23-38(32-13-21-37(22-14-32)51(5,45)46)41(39)50-35-18-16-34(17-19-35)49-29-27-43(7-2)26-12-10-11-25-42(4)31-40(44)47-8-3/h13-24,30H,6-12,25-29,31H2,1-5H3.